The fourth-order valence-electron chi connectivity index (χ4n) is 3.50. The van der Waals surface area contributed by atoms with Crippen LogP contribution in [0, 0.1) is 5.41 Å². The molecule has 2 heterocycles. The normalized spacial score (nSPS) is 32.8. The van der Waals surface area contributed by atoms with Crippen molar-refractivity contribution in [1.29, 1.82) is 0 Å². The Kier molecular flexibility index (Phi) is 3.35. The summed E-state index contributed by atoms with van der Waals surface area (Å²) >= 11 is 0. The van der Waals surface area contributed by atoms with Gasteiger partial charge in [-0.2, -0.15) is 0 Å². The maximum absolute atomic E-state index is 2.79. The van der Waals surface area contributed by atoms with Gasteiger partial charge in [0.05, 0.1) is 0 Å². The number of likely N-dealkylation sites (tertiary alicyclic amines) is 2. The van der Waals surface area contributed by atoms with E-state index >= 15 is 0 Å². The van der Waals surface area contributed by atoms with Crippen LogP contribution in [0.3, 0.4) is 0 Å². The largest absolute Gasteiger partial charge is 0.297 e. The van der Waals surface area contributed by atoms with Gasteiger partial charge in [0.25, 0.3) is 0 Å². The predicted molar refractivity (Wildman–Crippen MR) is 78.9 cm³/mol. The highest BCUT2D eigenvalue weighted by Crippen LogP contribution is 2.45. The Balaban J connectivity index is 2.07. The van der Waals surface area contributed by atoms with Gasteiger partial charge in [0.15, 0.2) is 0 Å². The van der Waals surface area contributed by atoms with E-state index in [-0.39, 0.29) is 0 Å². The van der Waals surface area contributed by atoms with Gasteiger partial charge in [-0.05, 0) is 46.0 Å². The second kappa shape index (κ2) is 4.21. The molecule has 0 saturated carbocycles. The fourth-order valence-corrected chi connectivity index (χ4v) is 3.50. The van der Waals surface area contributed by atoms with Crippen molar-refractivity contribution in [3.63, 3.8) is 0 Å². The maximum atomic E-state index is 2.79. The van der Waals surface area contributed by atoms with Crippen LogP contribution in [0.5, 0.6) is 0 Å². The van der Waals surface area contributed by atoms with Crippen LogP contribution in [0.2, 0.25) is 0 Å². The molecule has 1 spiro atoms. The molecule has 2 heteroatoms. The van der Waals surface area contributed by atoms with Crippen molar-refractivity contribution in [3.05, 3.63) is 0 Å². The van der Waals surface area contributed by atoms with E-state index in [1.807, 2.05) is 0 Å². The standard InChI is InChI=1S/C16H32N2/c1-13(14(2,3)4)18-11-9-16(18)8-10-17(12-16)15(5,6)7/h13H,8-12H2,1-7H3/t13-,16?/m0/s1. The van der Waals surface area contributed by atoms with Gasteiger partial charge in [0.1, 0.15) is 0 Å². The highest BCUT2D eigenvalue weighted by Gasteiger charge is 2.53. The summed E-state index contributed by atoms with van der Waals surface area (Å²) in [6.45, 7) is 20.4. The second-order valence-corrected chi connectivity index (χ2v) is 8.55. The third kappa shape index (κ3) is 2.34. The first-order valence-corrected chi connectivity index (χ1v) is 7.58. The molecule has 2 rings (SSSR count). The zero-order valence-electron chi connectivity index (χ0n) is 13.5. The lowest BCUT2D eigenvalue weighted by Crippen LogP contribution is -2.66. The molecule has 0 aromatic heterocycles. The molecule has 106 valence electrons. The second-order valence-electron chi connectivity index (χ2n) is 8.55. The smallest absolute Gasteiger partial charge is 0.0364 e. The first-order valence-electron chi connectivity index (χ1n) is 7.58. The van der Waals surface area contributed by atoms with Crippen molar-refractivity contribution in [1.82, 2.24) is 9.80 Å². The first-order chi connectivity index (χ1) is 8.06. The molecule has 0 aliphatic carbocycles. The molecule has 0 amide bonds. The van der Waals surface area contributed by atoms with Gasteiger partial charge in [-0.1, -0.05) is 20.8 Å². The molecule has 2 atom stereocenters. The molecule has 0 N–H and O–H groups in total. The summed E-state index contributed by atoms with van der Waals surface area (Å²) in [7, 11) is 0. The van der Waals surface area contributed by atoms with Crippen LogP contribution in [-0.4, -0.2) is 46.6 Å². The van der Waals surface area contributed by atoms with Gasteiger partial charge in [-0.3, -0.25) is 9.80 Å². The molecular formula is C16H32N2. The molecule has 0 aromatic carbocycles. The van der Waals surface area contributed by atoms with Crippen molar-refractivity contribution in [3.8, 4) is 0 Å². The molecule has 2 aliphatic rings. The summed E-state index contributed by atoms with van der Waals surface area (Å²) < 4.78 is 0. The van der Waals surface area contributed by atoms with E-state index in [0.29, 0.717) is 22.5 Å². The summed E-state index contributed by atoms with van der Waals surface area (Å²) in [6, 6.07) is 0.686. The first kappa shape index (κ1) is 14.3. The van der Waals surface area contributed by atoms with Gasteiger partial charge in [0, 0.05) is 36.8 Å². The van der Waals surface area contributed by atoms with Crippen LogP contribution in [0.15, 0.2) is 0 Å². The van der Waals surface area contributed by atoms with Gasteiger partial charge >= 0.3 is 0 Å². The summed E-state index contributed by atoms with van der Waals surface area (Å²) in [4.78, 5) is 5.47. The quantitative estimate of drug-likeness (QED) is 0.706. The summed E-state index contributed by atoms with van der Waals surface area (Å²) in [6.07, 6.45) is 2.77. The molecule has 2 aliphatic heterocycles. The van der Waals surface area contributed by atoms with Crippen LogP contribution in [0.25, 0.3) is 0 Å². The van der Waals surface area contributed by atoms with Crippen LogP contribution < -0.4 is 0 Å². The monoisotopic (exact) mass is 252 g/mol. The minimum atomic E-state index is 0.329. The minimum Gasteiger partial charge on any atom is -0.297 e. The highest BCUT2D eigenvalue weighted by molar-refractivity contribution is 5.10. The Bertz CT molecular complexity index is 310. The predicted octanol–water partition coefficient (Wildman–Crippen LogP) is 3.37. The molecular weight excluding hydrogens is 220 g/mol. The third-order valence-electron chi connectivity index (χ3n) is 5.43. The number of hydrogen-bond donors (Lipinski definition) is 0. The Morgan fingerprint density at radius 1 is 0.944 bits per heavy atom. The van der Waals surface area contributed by atoms with Crippen LogP contribution in [0.4, 0.5) is 0 Å². The molecule has 0 aromatic rings. The van der Waals surface area contributed by atoms with E-state index in [1.54, 1.807) is 0 Å². The summed E-state index contributed by atoms with van der Waals surface area (Å²) in [5, 5.41) is 0. The van der Waals surface area contributed by atoms with E-state index in [0.717, 1.165) is 0 Å². The molecule has 1 unspecified atom stereocenters. The van der Waals surface area contributed by atoms with Crippen LogP contribution >= 0.6 is 0 Å². The lowest BCUT2D eigenvalue weighted by molar-refractivity contribution is -0.0731. The highest BCUT2D eigenvalue weighted by atomic mass is 15.4. The maximum Gasteiger partial charge on any atom is 0.0364 e. The van der Waals surface area contributed by atoms with Gasteiger partial charge < -0.3 is 0 Å². The van der Waals surface area contributed by atoms with Crippen molar-refractivity contribution in [2.24, 2.45) is 5.41 Å². The topological polar surface area (TPSA) is 6.48 Å². The lowest BCUT2D eigenvalue weighted by atomic mass is 9.76. The fraction of sp³-hybridized carbons (Fsp3) is 1.00. The summed E-state index contributed by atoms with van der Waals surface area (Å²) in [5.41, 5.74) is 1.22. The van der Waals surface area contributed by atoms with Crippen LogP contribution in [0.1, 0.15) is 61.3 Å². The van der Waals surface area contributed by atoms with Crippen LogP contribution in [-0.2, 0) is 0 Å². The SMILES string of the molecule is C[C@H](N1CCC12CCN(C(C)(C)C)C2)C(C)(C)C. The Hall–Kier alpha value is -0.0800. The molecule has 2 fully saturated rings. The van der Waals surface area contributed by atoms with E-state index in [9.17, 15) is 0 Å². The zero-order valence-corrected chi connectivity index (χ0v) is 13.5. The van der Waals surface area contributed by atoms with Crippen molar-refractivity contribution < 1.29 is 0 Å². The number of nitrogens with zero attached hydrogens (tertiary/aromatic N) is 2. The Labute approximate surface area is 114 Å². The molecule has 0 bridgehead atoms. The third-order valence-corrected chi connectivity index (χ3v) is 5.43. The molecule has 18 heavy (non-hydrogen) atoms. The van der Waals surface area contributed by atoms with Gasteiger partial charge in [-0.25, -0.2) is 0 Å². The number of rotatable bonds is 1. The van der Waals surface area contributed by atoms with Gasteiger partial charge in [0.2, 0.25) is 0 Å². The summed E-state index contributed by atoms with van der Waals surface area (Å²) in [5.74, 6) is 0. The average molecular weight is 252 g/mol. The molecule has 2 nitrogen and oxygen atoms in total. The van der Waals surface area contributed by atoms with Crippen molar-refractivity contribution in [2.75, 3.05) is 19.6 Å². The molecule has 0 radical (unpaired) electrons. The zero-order chi connectivity index (χ0) is 13.8. The van der Waals surface area contributed by atoms with E-state index in [4.69, 9.17) is 0 Å². The lowest BCUT2D eigenvalue weighted by Gasteiger charge is -2.57. The average Bonchev–Trinajstić information content (AvgIpc) is 2.60. The Morgan fingerprint density at radius 2 is 1.50 bits per heavy atom. The van der Waals surface area contributed by atoms with Crippen molar-refractivity contribution in [2.45, 2.75) is 78.4 Å². The van der Waals surface area contributed by atoms with E-state index in [1.165, 1.54) is 32.5 Å². The van der Waals surface area contributed by atoms with E-state index in [2.05, 4.69) is 58.3 Å². The van der Waals surface area contributed by atoms with E-state index < -0.39 is 0 Å². The molecule has 2 saturated heterocycles. The van der Waals surface area contributed by atoms with Crippen molar-refractivity contribution >= 4 is 0 Å². The van der Waals surface area contributed by atoms with Gasteiger partial charge in [-0.15, -0.1) is 0 Å². The Morgan fingerprint density at radius 3 is 1.83 bits per heavy atom. The number of hydrogen-bond acceptors (Lipinski definition) is 2. The minimum absolute atomic E-state index is 0.329.